The molecule has 0 spiro atoms. The van der Waals surface area contributed by atoms with Crippen LogP contribution in [-0.2, 0) is 4.74 Å². The van der Waals surface area contributed by atoms with Crippen LogP contribution in [0.5, 0.6) is 0 Å². The Morgan fingerprint density at radius 3 is 2.83 bits per heavy atom. The lowest BCUT2D eigenvalue weighted by molar-refractivity contribution is 0.143. The topological polar surface area (TPSA) is 56.8 Å². The normalized spacial score (nSPS) is 20.2. The molecule has 2 aliphatic heterocycles. The number of thiocarbonyl (C=S) groups is 1. The second kappa shape index (κ2) is 7.21. The predicted octanol–water partition coefficient (Wildman–Crippen LogP) is 1.84. The minimum Gasteiger partial charge on any atom is -0.442 e. The highest BCUT2D eigenvalue weighted by Crippen LogP contribution is 2.29. The molecule has 2 fully saturated rings. The van der Waals surface area contributed by atoms with E-state index in [0.717, 1.165) is 25.9 Å². The van der Waals surface area contributed by atoms with Gasteiger partial charge in [0.05, 0.1) is 24.5 Å². The standard InChI is InChI=1S/C16H21FN4O2S/c1-18-15(24)19-9-12-10-21(16(22)23-12)11-4-5-14(13(17)8-11)20-6-2-3-7-20/h4-5,8,12H,2-3,6-7,9-10H2,1H3,(H2,18,19,24)/t12-/m0/s1. The maximum absolute atomic E-state index is 14.4. The van der Waals surface area contributed by atoms with Gasteiger partial charge in [0, 0.05) is 20.1 Å². The molecule has 0 radical (unpaired) electrons. The summed E-state index contributed by atoms with van der Waals surface area (Å²) in [5.41, 5.74) is 1.11. The van der Waals surface area contributed by atoms with E-state index in [4.69, 9.17) is 17.0 Å². The van der Waals surface area contributed by atoms with Gasteiger partial charge >= 0.3 is 6.09 Å². The van der Waals surface area contributed by atoms with E-state index in [2.05, 4.69) is 10.6 Å². The van der Waals surface area contributed by atoms with Crippen molar-refractivity contribution in [3.8, 4) is 0 Å². The number of carbonyl (C=O) groups excluding carboxylic acids is 1. The fourth-order valence-electron chi connectivity index (χ4n) is 3.01. The fourth-order valence-corrected chi connectivity index (χ4v) is 3.10. The van der Waals surface area contributed by atoms with Crippen LogP contribution in [-0.4, -0.2) is 50.5 Å². The quantitative estimate of drug-likeness (QED) is 0.807. The number of anilines is 2. The number of halogens is 1. The molecule has 1 aromatic rings. The predicted molar refractivity (Wildman–Crippen MR) is 95.1 cm³/mol. The third-order valence-corrected chi connectivity index (χ3v) is 4.63. The van der Waals surface area contributed by atoms with E-state index in [0.29, 0.717) is 29.6 Å². The number of amides is 1. The summed E-state index contributed by atoms with van der Waals surface area (Å²) in [6.45, 7) is 2.53. The zero-order valence-electron chi connectivity index (χ0n) is 13.5. The van der Waals surface area contributed by atoms with Gasteiger partial charge in [0.2, 0.25) is 0 Å². The van der Waals surface area contributed by atoms with Crippen LogP contribution in [0.25, 0.3) is 0 Å². The summed E-state index contributed by atoms with van der Waals surface area (Å²) in [6.07, 6.45) is 1.38. The van der Waals surface area contributed by atoms with Crippen molar-refractivity contribution in [3.05, 3.63) is 24.0 Å². The van der Waals surface area contributed by atoms with Gasteiger partial charge < -0.3 is 20.3 Å². The third-order valence-electron chi connectivity index (χ3n) is 4.28. The number of cyclic esters (lactones) is 1. The summed E-state index contributed by atoms with van der Waals surface area (Å²) >= 11 is 5.00. The number of nitrogens with zero attached hydrogens (tertiary/aromatic N) is 2. The first-order valence-electron chi connectivity index (χ1n) is 8.06. The van der Waals surface area contributed by atoms with Crippen LogP contribution >= 0.6 is 12.2 Å². The Hall–Kier alpha value is -2.09. The molecule has 0 unspecified atom stereocenters. The first-order chi connectivity index (χ1) is 11.6. The van der Waals surface area contributed by atoms with E-state index in [9.17, 15) is 9.18 Å². The van der Waals surface area contributed by atoms with Crippen molar-refractivity contribution in [3.63, 3.8) is 0 Å². The molecule has 2 aliphatic rings. The lowest BCUT2D eigenvalue weighted by Gasteiger charge is -2.20. The molecular formula is C16H21FN4O2S. The van der Waals surface area contributed by atoms with E-state index in [1.54, 1.807) is 19.2 Å². The largest absolute Gasteiger partial charge is 0.442 e. The maximum atomic E-state index is 14.4. The van der Waals surface area contributed by atoms with Gasteiger partial charge in [0.15, 0.2) is 5.11 Å². The second-order valence-electron chi connectivity index (χ2n) is 5.91. The molecule has 0 saturated carbocycles. The van der Waals surface area contributed by atoms with Crippen molar-refractivity contribution in [1.82, 2.24) is 10.6 Å². The van der Waals surface area contributed by atoms with E-state index in [1.807, 2.05) is 4.90 Å². The zero-order chi connectivity index (χ0) is 17.1. The first kappa shape index (κ1) is 16.8. The first-order valence-corrected chi connectivity index (χ1v) is 8.47. The van der Waals surface area contributed by atoms with Crippen LogP contribution in [0, 0.1) is 5.82 Å². The molecule has 3 rings (SSSR count). The van der Waals surface area contributed by atoms with Crippen LogP contribution < -0.4 is 20.4 Å². The molecule has 0 aromatic heterocycles. The van der Waals surface area contributed by atoms with Gasteiger partial charge in [-0.1, -0.05) is 0 Å². The van der Waals surface area contributed by atoms with Crippen LogP contribution in [0.1, 0.15) is 12.8 Å². The molecule has 1 atom stereocenters. The average molecular weight is 352 g/mol. The number of nitrogens with one attached hydrogen (secondary N) is 2. The van der Waals surface area contributed by atoms with Gasteiger partial charge in [0.25, 0.3) is 0 Å². The summed E-state index contributed by atoms with van der Waals surface area (Å²) in [7, 11) is 1.72. The van der Waals surface area contributed by atoms with Crippen LogP contribution in [0.2, 0.25) is 0 Å². The number of benzene rings is 1. The minimum absolute atomic E-state index is 0.305. The average Bonchev–Trinajstić information content (AvgIpc) is 3.22. The third kappa shape index (κ3) is 3.53. The van der Waals surface area contributed by atoms with Gasteiger partial charge in [0.1, 0.15) is 11.9 Å². The van der Waals surface area contributed by atoms with Gasteiger partial charge in [-0.15, -0.1) is 0 Å². The van der Waals surface area contributed by atoms with Crippen molar-refractivity contribution in [2.45, 2.75) is 18.9 Å². The Balaban J connectivity index is 1.66. The number of hydrogen-bond donors (Lipinski definition) is 2. The SMILES string of the molecule is CNC(=S)NC[C@H]1CN(c2ccc(N3CCCC3)c(F)c2)C(=O)O1. The van der Waals surface area contributed by atoms with E-state index >= 15 is 0 Å². The molecule has 130 valence electrons. The molecule has 1 amide bonds. The Bertz CT molecular complexity index is 637. The van der Waals surface area contributed by atoms with Crippen LogP contribution in [0.15, 0.2) is 18.2 Å². The highest BCUT2D eigenvalue weighted by molar-refractivity contribution is 7.80. The number of hydrogen-bond acceptors (Lipinski definition) is 4. The molecule has 0 aliphatic carbocycles. The molecule has 0 bridgehead atoms. The van der Waals surface area contributed by atoms with Crippen LogP contribution in [0.3, 0.4) is 0 Å². The lowest BCUT2D eigenvalue weighted by Crippen LogP contribution is -2.39. The fraction of sp³-hybridized carbons (Fsp3) is 0.500. The summed E-state index contributed by atoms with van der Waals surface area (Å²) < 4.78 is 19.7. The number of carbonyl (C=O) groups is 1. The van der Waals surface area contributed by atoms with Crippen molar-refractivity contribution >= 4 is 34.8 Å². The van der Waals surface area contributed by atoms with E-state index in [-0.39, 0.29) is 11.9 Å². The summed E-state index contributed by atoms with van der Waals surface area (Å²) in [4.78, 5) is 15.5. The summed E-state index contributed by atoms with van der Waals surface area (Å²) in [5.74, 6) is -0.305. The highest BCUT2D eigenvalue weighted by atomic mass is 32.1. The van der Waals surface area contributed by atoms with Crippen molar-refractivity contribution in [1.29, 1.82) is 0 Å². The lowest BCUT2D eigenvalue weighted by atomic mass is 10.2. The monoisotopic (exact) mass is 352 g/mol. The number of ether oxygens (including phenoxy) is 1. The summed E-state index contributed by atoms with van der Waals surface area (Å²) in [5, 5.41) is 6.25. The molecule has 24 heavy (non-hydrogen) atoms. The van der Waals surface area contributed by atoms with Crippen molar-refractivity contribution in [2.24, 2.45) is 0 Å². The minimum atomic E-state index is -0.467. The van der Waals surface area contributed by atoms with E-state index in [1.165, 1.54) is 11.0 Å². The highest BCUT2D eigenvalue weighted by Gasteiger charge is 2.32. The van der Waals surface area contributed by atoms with Gasteiger partial charge in [-0.25, -0.2) is 9.18 Å². The van der Waals surface area contributed by atoms with Gasteiger partial charge in [-0.3, -0.25) is 4.90 Å². The number of rotatable bonds is 4. The second-order valence-corrected chi connectivity index (χ2v) is 6.31. The molecule has 6 nitrogen and oxygen atoms in total. The van der Waals surface area contributed by atoms with Crippen molar-refractivity contribution in [2.75, 3.05) is 43.0 Å². The van der Waals surface area contributed by atoms with Gasteiger partial charge in [-0.2, -0.15) is 0 Å². The Morgan fingerprint density at radius 1 is 1.42 bits per heavy atom. The van der Waals surface area contributed by atoms with Crippen LogP contribution in [0.4, 0.5) is 20.6 Å². The molecule has 2 N–H and O–H groups in total. The Morgan fingerprint density at radius 2 is 2.17 bits per heavy atom. The molecular weight excluding hydrogens is 331 g/mol. The Labute approximate surface area is 145 Å². The molecule has 1 aromatic carbocycles. The molecule has 2 saturated heterocycles. The smallest absolute Gasteiger partial charge is 0.414 e. The maximum Gasteiger partial charge on any atom is 0.414 e. The van der Waals surface area contributed by atoms with Gasteiger partial charge in [-0.05, 0) is 43.3 Å². The zero-order valence-corrected chi connectivity index (χ0v) is 14.4. The summed E-state index contributed by atoms with van der Waals surface area (Å²) in [6, 6.07) is 4.92. The molecule has 2 heterocycles. The molecule has 8 heteroatoms. The Kier molecular flexibility index (Phi) is 5.03. The van der Waals surface area contributed by atoms with Crippen molar-refractivity contribution < 1.29 is 13.9 Å². The van der Waals surface area contributed by atoms with E-state index < -0.39 is 6.09 Å².